The first-order chi connectivity index (χ1) is 8.06. The first kappa shape index (κ1) is 13.2. The lowest BCUT2D eigenvalue weighted by atomic mass is 10.3. The third-order valence-electron chi connectivity index (χ3n) is 2.17. The Balaban J connectivity index is 2.81. The number of imide groups is 1. The minimum atomic E-state index is -0.347. The number of hydrogen-bond donors (Lipinski definition) is 0. The number of urea groups is 1. The summed E-state index contributed by atoms with van der Waals surface area (Å²) in [7, 11) is 5.37. The van der Waals surface area contributed by atoms with Gasteiger partial charge in [-0.15, -0.1) is 0 Å². The molecule has 0 fully saturated rings. The number of carbonyl (C=O) groups is 2. The SMILES string of the molecule is CN(C)CN(C)C(=O)N(C=O)c1ccccc1. The maximum Gasteiger partial charge on any atom is 0.331 e. The normalized spacial score (nSPS) is 10.1. The molecule has 0 saturated carbocycles. The van der Waals surface area contributed by atoms with Gasteiger partial charge in [0, 0.05) is 7.05 Å². The summed E-state index contributed by atoms with van der Waals surface area (Å²) in [6, 6.07) is 8.49. The van der Waals surface area contributed by atoms with Gasteiger partial charge in [-0.3, -0.25) is 9.69 Å². The average molecular weight is 235 g/mol. The highest BCUT2D eigenvalue weighted by Gasteiger charge is 2.18. The van der Waals surface area contributed by atoms with Crippen LogP contribution >= 0.6 is 0 Å². The van der Waals surface area contributed by atoms with E-state index in [1.165, 1.54) is 4.90 Å². The Labute approximate surface area is 101 Å². The Morgan fingerprint density at radius 3 is 2.24 bits per heavy atom. The molecule has 17 heavy (non-hydrogen) atoms. The maximum atomic E-state index is 12.0. The number of hydrogen-bond acceptors (Lipinski definition) is 3. The van der Waals surface area contributed by atoms with Gasteiger partial charge in [-0.2, -0.15) is 0 Å². The lowest BCUT2D eigenvalue weighted by Crippen LogP contribution is -2.44. The molecular weight excluding hydrogens is 218 g/mol. The van der Waals surface area contributed by atoms with Crippen LogP contribution in [-0.4, -0.2) is 50.1 Å². The van der Waals surface area contributed by atoms with Gasteiger partial charge in [-0.05, 0) is 26.2 Å². The van der Waals surface area contributed by atoms with Gasteiger partial charge in [0.1, 0.15) is 0 Å². The summed E-state index contributed by atoms with van der Waals surface area (Å²) in [5.74, 6) is 0. The summed E-state index contributed by atoms with van der Waals surface area (Å²) in [6.45, 7) is 0.454. The molecule has 0 aromatic heterocycles. The van der Waals surface area contributed by atoms with E-state index in [0.717, 1.165) is 4.90 Å². The highest BCUT2D eigenvalue weighted by atomic mass is 16.2. The topological polar surface area (TPSA) is 43.9 Å². The molecule has 1 aromatic carbocycles. The second-order valence-corrected chi connectivity index (χ2v) is 4.01. The van der Waals surface area contributed by atoms with E-state index in [-0.39, 0.29) is 6.03 Å². The molecule has 0 saturated heterocycles. The summed E-state index contributed by atoms with van der Waals surface area (Å²) in [5, 5.41) is 0. The van der Waals surface area contributed by atoms with Gasteiger partial charge in [0.25, 0.3) is 0 Å². The Kier molecular flexibility index (Phi) is 4.66. The van der Waals surface area contributed by atoms with Gasteiger partial charge in [0.05, 0.1) is 12.4 Å². The summed E-state index contributed by atoms with van der Waals surface area (Å²) in [6.07, 6.45) is 0.532. The van der Waals surface area contributed by atoms with Crippen molar-refractivity contribution in [2.24, 2.45) is 0 Å². The maximum absolute atomic E-state index is 12.0. The third kappa shape index (κ3) is 3.57. The highest BCUT2D eigenvalue weighted by Crippen LogP contribution is 2.12. The Bertz CT molecular complexity index is 379. The summed E-state index contributed by atoms with van der Waals surface area (Å²) < 4.78 is 0. The second kappa shape index (κ2) is 6.00. The van der Waals surface area contributed by atoms with E-state index < -0.39 is 0 Å². The van der Waals surface area contributed by atoms with Crippen LogP contribution in [0.25, 0.3) is 0 Å². The van der Waals surface area contributed by atoms with Crippen molar-refractivity contribution in [3.8, 4) is 0 Å². The van der Waals surface area contributed by atoms with Crippen LogP contribution in [0.5, 0.6) is 0 Å². The molecule has 5 heteroatoms. The van der Waals surface area contributed by atoms with Crippen molar-refractivity contribution in [1.82, 2.24) is 9.80 Å². The largest absolute Gasteiger partial charge is 0.331 e. The molecule has 0 unspecified atom stereocenters. The van der Waals surface area contributed by atoms with Gasteiger partial charge >= 0.3 is 6.03 Å². The number of benzene rings is 1. The molecule has 0 radical (unpaired) electrons. The van der Waals surface area contributed by atoms with Crippen molar-refractivity contribution in [3.63, 3.8) is 0 Å². The van der Waals surface area contributed by atoms with Crippen LogP contribution in [0.1, 0.15) is 0 Å². The van der Waals surface area contributed by atoms with Crippen molar-refractivity contribution in [1.29, 1.82) is 0 Å². The molecule has 0 atom stereocenters. The van der Waals surface area contributed by atoms with Crippen molar-refractivity contribution >= 4 is 18.1 Å². The van der Waals surface area contributed by atoms with E-state index in [1.54, 1.807) is 31.3 Å². The quantitative estimate of drug-likeness (QED) is 0.582. The first-order valence-corrected chi connectivity index (χ1v) is 5.25. The smallest absolute Gasteiger partial charge is 0.314 e. The van der Waals surface area contributed by atoms with Crippen LogP contribution < -0.4 is 4.90 Å². The molecule has 0 N–H and O–H groups in total. The predicted octanol–water partition coefficient (Wildman–Crippen LogP) is 1.22. The van der Waals surface area contributed by atoms with Crippen LogP contribution in [0.3, 0.4) is 0 Å². The van der Waals surface area contributed by atoms with E-state index in [2.05, 4.69) is 0 Å². The fourth-order valence-electron chi connectivity index (χ4n) is 1.47. The molecule has 3 amide bonds. The lowest BCUT2D eigenvalue weighted by Gasteiger charge is -2.26. The lowest BCUT2D eigenvalue weighted by molar-refractivity contribution is -0.107. The number of rotatable bonds is 4. The zero-order valence-corrected chi connectivity index (χ0v) is 10.3. The van der Waals surface area contributed by atoms with E-state index in [1.807, 2.05) is 25.1 Å². The van der Waals surface area contributed by atoms with Gasteiger partial charge in [0.2, 0.25) is 6.41 Å². The van der Waals surface area contributed by atoms with Crippen LogP contribution in [0.2, 0.25) is 0 Å². The molecule has 0 aliphatic rings. The zero-order valence-electron chi connectivity index (χ0n) is 10.3. The van der Waals surface area contributed by atoms with Gasteiger partial charge < -0.3 is 4.90 Å². The van der Waals surface area contributed by atoms with E-state index in [4.69, 9.17) is 0 Å². The average Bonchev–Trinajstić information content (AvgIpc) is 2.30. The zero-order chi connectivity index (χ0) is 12.8. The molecule has 0 aliphatic heterocycles. The minimum Gasteiger partial charge on any atom is -0.314 e. The fraction of sp³-hybridized carbons (Fsp3) is 0.333. The molecule has 5 nitrogen and oxygen atoms in total. The summed E-state index contributed by atoms with van der Waals surface area (Å²) in [5.41, 5.74) is 0.568. The Hall–Kier alpha value is -1.88. The molecule has 0 bridgehead atoms. The van der Waals surface area contributed by atoms with Gasteiger partial charge in [-0.1, -0.05) is 18.2 Å². The van der Waals surface area contributed by atoms with Gasteiger partial charge in [-0.25, -0.2) is 9.69 Å². The molecule has 0 aliphatic carbocycles. The van der Waals surface area contributed by atoms with Crippen molar-refractivity contribution < 1.29 is 9.59 Å². The third-order valence-corrected chi connectivity index (χ3v) is 2.17. The van der Waals surface area contributed by atoms with Crippen LogP contribution in [0.4, 0.5) is 10.5 Å². The molecule has 0 spiro atoms. The molecule has 1 aromatic rings. The monoisotopic (exact) mass is 235 g/mol. The number of nitrogens with zero attached hydrogens (tertiary/aromatic N) is 3. The van der Waals surface area contributed by atoms with Crippen molar-refractivity contribution in [2.45, 2.75) is 0 Å². The predicted molar refractivity (Wildman–Crippen MR) is 66.7 cm³/mol. The number of anilines is 1. The Morgan fingerprint density at radius 2 is 1.76 bits per heavy atom. The van der Waals surface area contributed by atoms with Crippen LogP contribution in [-0.2, 0) is 4.79 Å². The number of carbonyl (C=O) groups excluding carboxylic acids is 2. The minimum absolute atomic E-state index is 0.347. The standard InChI is InChI=1S/C12H17N3O2/c1-13(2)9-14(3)12(17)15(10-16)11-7-5-4-6-8-11/h4-8,10H,9H2,1-3H3. The Morgan fingerprint density at radius 1 is 1.18 bits per heavy atom. The number of amides is 3. The molecular formula is C12H17N3O2. The van der Waals surface area contributed by atoms with Crippen molar-refractivity contribution in [3.05, 3.63) is 30.3 Å². The fourth-order valence-corrected chi connectivity index (χ4v) is 1.47. The van der Waals surface area contributed by atoms with Crippen molar-refractivity contribution in [2.75, 3.05) is 32.7 Å². The molecule has 92 valence electrons. The first-order valence-electron chi connectivity index (χ1n) is 5.25. The van der Waals surface area contributed by atoms with Crippen LogP contribution in [0.15, 0.2) is 30.3 Å². The van der Waals surface area contributed by atoms with Crippen LogP contribution in [0, 0.1) is 0 Å². The highest BCUT2D eigenvalue weighted by molar-refractivity contribution is 6.05. The summed E-state index contributed by atoms with van der Waals surface area (Å²) >= 11 is 0. The second-order valence-electron chi connectivity index (χ2n) is 4.01. The molecule has 0 heterocycles. The molecule has 1 rings (SSSR count). The number of para-hydroxylation sites is 1. The van der Waals surface area contributed by atoms with Gasteiger partial charge in [0.15, 0.2) is 0 Å². The van der Waals surface area contributed by atoms with E-state index in [0.29, 0.717) is 18.8 Å². The van der Waals surface area contributed by atoms with E-state index in [9.17, 15) is 9.59 Å². The summed E-state index contributed by atoms with van der Waals surface area (Å²) in [4.78, 5) is 27.4. The van der Waals surface area contributed by atoms with E-state index >= 15 is 0 Å².